The molecule has 0 saturated carbocycles. The molecule has 0 spiro atoms. The fraction of sp³-hybridized carbons (Fsp3) is 0.375. The second-order valence-corrected chi connectivity index (χ2v) is 6.48. The lowest BCUT2D eigenvalue weighted by molar-refractivity contribution is -0.125. The van der Waals surface area contributed by atoms with Crippen molar-refractivity contribution in [2.24, 2.45) is 13.0 Å². The summed E-state index contributed by atoms with van der Waals surface area (Å²) in [7, 11) is 1.90. The van der Waals surface area contributed by atoms with Crippen molar-refractivity contribution in [2.75, 3.05) is 13.1 Å². The molecule has 1 aliphatic heterocycles. The molecule has 1 fully saturated rings. The summed E-state index contributed by atoms with van der Waals surface area (Å²) in [5, 5.41) is 10.6. The zero-order valence-corrected chi connectivity index (χ0v) is 15.2. The van der Waals surface area contributed by atoms with Gasteiger partial charge in [-0.25, -0.2) is 0 Å². The van der Waals surface area contributed by atoms with E-state index in [1.54, 1.807) is 4.68 Å². The SMILES string of the molecule is Cl.Cn1cc([C@H]2CNC[C@@H]2C(=O)NCc2ccccc2Br)cn1. The third kappa shape index (κ3) is 4.13. The van der Waals surface area contributed by atoms with E-state index >= 15 is 0 Å². The van der Waals surface area contributed by atoms with Gasteiger partial charge >= 0.3 is 0 Å². The largest absolute Gasteiger partial charge is 0.352 e. The molecule has 1 amide bonds. The van der Waals surface area contributed by atoms with Crippen molar-refractivity contribution >= 4 is 34.2 Å². The number of halogens is 2. The minimum absolute atomic E-state index is 0. The van der Waals surface area contributed by atoms with Crippen molar-refractivity contribution in [3.63, 3.8) is 0 Å². The van der Waals surface area contributed by atoms with Crippen molar-refractivity contribution in [1.82, 2.24) is 20.4 Å². The van der Waals surface area contributed by atoms with Crippen LogP contribution >= 0.6 is 28.3 Å². The van der Waals surface area contributed by atoms with Gasteiger partial charge in [0.05, 0.1) is 12.1 Å². The van der Waals surface area contributed by atoms with E-state index in [0.717, 1.165) is 22.1 Å². The van der Waals surface area contributed by atoms with Crippen LogP contribution in [0.25, 0.3) is 0 Å². The van der Waals surface area contributed by atoms with Crippen LogP contribution < -0.4 is 10.6 Å². The Kier molecular flexibility index (Phi) is 6.21. The number of nitrogens with one attached hydrogen (secondary N) is 2. The molecule has 2 atom stereocenters. The Morgan fingerprint density at radius 1 is 1.43 bits per heavy atom. The van der Waals surface area contributed by atoms with Gasteiger partial charge in [-0.1, -0.05) is 34.1 Å². The third-order valence-electron chi connectivity index (χ3n) is 4.11. The average molecular weight is 400 g/mol. The van der Waals surface area contributed by atoms with Crippen LogP contribution in [0.5, 0.6) is 0 Å². The van der Waals surface area contributed by atoms with E-state index in [-0.39, 0.29) is 30.2 Å². The first kappa shape index (κ1) is 18.0. The maximum Gasteiger partial charge on any atom is 0.225 e. The number of carbonyl (C=O) groups excluding carboxylic acids is 1. The van der Waals surface area contributed by atoms with Crippen molar-refractivity contribution in [2.45, 2.75) is 12.5 Å². The first-order chi connectivity index (χ1) is 10.6. The molecular formula is C16H20BrClN4O. The van der Waals surface area contributed by atoms with Crippen molar-refractivity contribution in [3.8, 4) is 0 Å². The average Bonchev–Trinajstić information content (AvgIpc) is 3.14. The zero-order valence-electron chi connectivity index (χ0n) is 12.8. The molecule has 2 N–H and O–H groups in total. The van der Waals surface area contributed by atoms with Crippen LogP contribution in [0.15, 0.2) is 41.1 Å². The van der Waals surface area contributed by atoms with Crippen molar-refractivity contribution in [3.05, 3.63) is 52.3 Å². The highest BCUT2D eigenvalue weighted by Crippen LogP contribution is 2.28. The number of nitrogens with zero attached hydrogens (tertiary/aromatic N) is 2. The minimum Gasteiger partial charge on any atom is -0.352 e. The van der Waals surface area contributed by atoms with Crippen LogP contribution in [0.2, 0.25) is 0 Å². The van der Waals surface area contributed by atoms with Crippen LogP contribution in [0, 0.1) is 5.92 Å². The van der Waals surface area contributed by atoms with Gasteiger partial charge in [-0.2, -0.15) is 5.10 Å². The van der Waals surface area contributed by atoms with Gasteiger partial charge in [0.2, 0.25) is 5.91 Å². The lowest BCUT2D eigenvalue weighted by Crippen LogP contribution is -2.34. The minimum atomic E-state index is -0.0494. The van der Waals surface area contributed by atoms with Gasteiger partial charge in [0, 0.05) is 43.3 Å². The quantitative estimate of drug-likeness (QED) is 0.829. The fourth-order valence-corrected chi connectivity index (χ4v) is 3.32. The number of benzene rings is 1. The lowest BCUT2D eigenvalue weighted by atomic mass is 9.90. The molecule has 1 aliphatic rings. The van der Waals surface area contributed by atoms with E-state index in [0.29, 0.717) is 13.1 Å². The van der Waals surface area contributed by atoms with Gasteiger partial charge in [0.1, 0.15) is 0 Å². The predicted octanol–water partition coefficient (Wildman–Crippen LogP) is 2.22. The maximum atomic E-state index is 12.5. The van der Waals surface area contributed by atoms with Crippen LogP contribution in [0.4, 0.5) is 0 Å². The summed E-state index contributed by atoms with van der Waals surface area (Å²) < 4.78 is 2.80. The van der Waals surface area contributed by atoms with Crippen LogP contribution in [-0.4, -0.2) is 28.8 Å². The van der Waals surface area contributed by atoms with Crippen LogP contribution in [0.3, 0.4) is 0 Å². The number of rotatable bonds is 4. The molecule has 0 aliphatic carbocycles. The van der Waals surface area contributed by atoms with Crippen molar-refractivity contribution in [1.29, 1.82) is 0 Å². The number of hydrogen-bond donors (Lipinski definition) is 2. The summed E-state index contributed by atoms with van der Waals surface area (Å²) in [6.07, 6.45) is 3.84. The van der Waals surface area contributed by atoms with Gasteiger partial charge in [-0.05, 0) is 17.2 Å². The van der Waals surface area contributed by atoms with E-state index in [4.69, 9.17) is 0 Å². The summed E-state index contributed by atoms with van der Waals surface area (Å²) in [5.41, 5.74) is 2.20. The molecule has 1 aromatic heterocycles. The third-order valence-corrected chi connectivity index (χ3v) is 4.89. The summed E-state index contributed by atoms with van der Waals surface area (Å²) >= 11 is 3.51. The highest BCUT2D eigenvalue weighted by atomic mass is 79.9. The van der Waals surface area contributed by atoms with Crippen molar-refractivity contribution < 1.29 is 4.79 Å². The fourth-order valence-electron chi connectivity index (χ4n) is 2.89. The second kappa shape index (κ2) is 7.95. The maximum absolute atomic E-state index is 12.5. The van der Waals surface area contributed by atoms with Gasteiger partial charge in [-0.15, -0.1) is 12.4 Å². The number of amides is 1. The Morgan fingerprint density at radius 3 is 2.91 bits per heavy atom. The first-order valence-electron chi connectivity index (χ1n) is 7.35. The van der Waals surface area contributed by atoms with Gasteiger partial charge < -0.3 is 10.6 Å². The van der Waals surface area contributed by atoms with Crippen LogP contribution in [0.1, 0.15) is 17.0 Å². The second-order valence-electron chi connectivity index (χ2n) is 5.63. The van der Waals surface area contributed by atoms with E-state index in [2.05, 4.69) is 31.7 Å². The molecule has 3 rings (SSSR count). The molecule has 0 radical (unpaired) electrons. The topological polar surface area (TPSA) is 59.0 Å². The molecule has 0 bridgehead atoms. The van der Waals surface area contributed by atoms with Crippen LogP contribution in [-0.2, 0) is 18.4 Å². The number of hydrogen-bond acceptors (Lipinski definition) is 3. The highest BCUT2D eigenvalue weighted by Gasteiger charge is 2.34. The molecular weight excluding hydrogens is 380 g/mol. The molecule has 2 heterocycles. The summed E-state index contributed by atoms with van der Waals surface area (Å²) in [4.78, 5) is 12.5. The molecule has 2 aromatic rings. The Bertz CT molecular complexity index is 676. The zero-order chi connectivity index (χ0) is 15.5. The standard InChI is InChI=1S/C16H19BrN4O.ClH/c1-21-10-12(7-20-21)13-8-18-9-14(13)16(22)19-6-11-4-2-3-5-15(11)17;/h2-5,7,10,13-14,18H,6,8-9H2,1H3,(H,19,22);1H/t13-,14+;/m1./s1. The Balaban J connectivity index is 0.00000192. The molecule has 124 valence electrons. The molecule has 23 heavy (non-hydrogen) atoms. The normalized spacial score (nSPS) is 20.1. The Labute approximate surface area is 150 Å². The van der Waals surface area contributed by atoms with E-state index in [9.17, 15) is 4.79 Å². The van der Waals surface area contributed by atoms with Gasteiger partial charge in [-0.3, -0.25) is 9.48 Å². The van der Waals surface area contributed by atoms with E-state index in [1.807, 2.05) is 43.7 Å². The summed E-state index contributed by atoms with van der Waals surface area (Å²) in [6.45, 7) is 2.07. The Morgan fingerprint density at radius 2 is 2.22 bits per heavy atom. The molecule has 0 unspecified atom stereocenters. The smallest absolute Gasteiger partial charge is 0.225 e. The molecule has 1 aromatic carbocycles. The molecule has 1 saturated heterocycles. The summed E-state index contributed by atoms with van der Waals surface area (Å²) in [5.74, 6) is 0.231. The van der Waals surface area contributed by atoms with E-state index < -0.39 is 0 Å². The lowest BCUT2D eigenvalue weighted by Gasteiger charge is -2.17. The summed E-state index contributed by atoms with van der Waals surface area (Å²) in [6, 6.07) is 7.93. The van der Waals surface area contributed by atoms with E-state index in [1.165, 1.54) is 0 Å². The number of carbonyl (C=O) groups is 1. The first-order valence-corrected chi connectivity index (χ1v) is 8.15. The monoisotopic (exact) mass is 398 g/mol. The highest BCUT2D eigenvalue weighted by molar-refractivity contribution is 9.10. The van der Waals surface area contributed by atoms with Gasteiger partial charge in [0.25, 0.3) is 0 Å². The number of aromatic nitrogens is 2. The number of aryl methyl sites for hydroxylation is 1. The van der Waals surface area contributed by atoms with Gasteiger partial charge in [0.15, 0.2) is 0 Å². The predicted molar refractivity (Wildman–Crippen MR) is 95.5 cm³/mol. The molecule has 7 heteroatoms. The Hall–Kier alpha value is -1.37. The molecule has 5 nitrogen and oxygen atoms in total.